The summed E-state index contributed by atoms with van der Waals surface area (Å²) in [5.41, 5.74) is 2.20. The molecule has 27 heavy (non-hydrogen) atoms. The summed E-state index contributed by atoms with van der Waals surface area (Å²) in [5, 5.41) is 11.0. The second kappa shape index (κ2) is 8.83. The van der Waals surface area contributed by atoms with Gasteiger partial charge in [-0.1, -0.05) is 60.7 Å². The molecule has 0 spiro atoms. The van der Waals surface area contributed by atoms with Crippen LogP contribution in [-0.2, 0) is 4.79 Å². The molecule has 4 nitrogen and oxygen atoms in total. The van der Waals surface area contributed by atoms with E-state index in [2.05, 4.69) is 11.1 Å². The number of carbonyl (C=O) groups is 2. The molecular weight excluding hydrogens is 338 g/mol. The molecule has 0 radical (unpaired) electrons. The standard InChI is InChI=1S/C23H19NO3/c25-16-22(26)11-9-17-4-3-7-21(12-17)23(27)15-24-14-18-8-10-19-5-1-2-6-20(19)13-18/h1-14,25H,15-16H2/b11-9+,24-14?. The van der Waals surface area contributed by atoms with Crippen LogP contribution in [0.15, 0.2) is 77.8 Å². The topological polar surface area (TPSA) is 66.7 Å². The summed E-state index contributed by atoms with van der Waals surface area (Å²) >= 11 is 0. The van der Waals surface area contributed by atoms with Crippen LogP contribution in [0.3, 0.4) is 0 Å². The molecule has 0 fully saturated rings. The van der Waals surface area contributed by atoms with Gasteiger partial charge in [-0.25, -0.2) is 0 Å². The van der Waals surface area contributed by atoms with Gasteiger partial charge >= 0.3 is 0 Å². The summed E-state index contributed by atoms with van der Waals surface area (Å²) < 4.78 is 0. The maximum atomic E-state index is 12.3. The molecule has 0 aliphatic carbocycles. The van der Waals surface area contributed by atoms with Crippen LogP contribution in [0.2, 0.25) is 0 Å². The van der Waals surface area contributed by atoms with Crippen molar-refractivity contribution in [3.63, 3.8) is 0 Å². The number of aliphatic imine (C=N–C) groups is 1. The summed E-state index contributed by atoms with van der Waals surface area (Å²) in [6.07, 6.45) is 4.57. The minimum atomic E-state index is -0.529. The molecule has 0 aliphatic rings. The molecule has 0 amide bonds. The highest BCUT2D eigenvalue weighted by Crippen LogP contribution is 2.14. The molecule has 0 saturated carbocycles. The predicted molar refractivity (Wildman–Crippen MR) is 108 cm³/mol. The number of carbonyl (C=O) groups excluding carboxylic acids is 2. The average Bonchev–Trinajstić information content (AvgIpc) is 2.72. The van der Waals surface area contributed by atoms with Crippen molar-refractivity contribution in [2.24, 2.45) is 4.99 Å². The highest BCUT2D eigenvalue weighted by Gasteiger charge is 2.05. The minimum absolute atomic E-state index is 0.0512. The number of hydrogen-bond donors (Lipinski definition) is 1. The number of nitrogens with zero attached hydrogens (tertiary/aromatic N) is 1. The Bertz CT molecular complexity index is 1030. The van der Waals surface area contributed by atoms with Crippen LogP contribution in [-0.4, -0.2) is 36.0 Å². The van der Waals surface area contributed by atoms with Gasteiger partial charge in [-0.05, 0) is 40.1 Å². The number of Topliss-reactive ketones (excluding diaryl/α,β-unsaturated/α-hetero) is 1. The summed E-state index contributed by atoms with van der Waals surface area (Å²) in [6.45, 7) is -0.478. The largest absolute Gasteiger partial charge is 0.388 e. The van der Waals surface area contributed by atoms with E-state index in [1.165, 1.54) is 6.08 Å². The molecule has 0 unspecified atom stereocenters. The van der Waals surface area contributed by atoms with Crippen molar-refractivity contribution in [1.29, 1.82) is 0 Å². The molecule has 4 heteroatoms. The Hall–Kier alpha value is -3.37. The average molecular weight is 357 g/mol. The lowest BCUT2D eigenvalue weighted by molar-refractivity contribution is -0.117. The normalized spacial score (nSPS) is 11.4. The third-order valence-electron chi connectivity index (χ3n) is 4.07. The molecule has 0 aliphatic heterocycles. The quantitative estimate of drug-likeness (QED) is 0.398. The lowest BCUT2D eigenvalue weighted by Crippen LogP contribution is -2.04. The van der Waals surface area contributed by atoms with Gasteiger partial charge < -0.3 is 5.11 Å². The van der Waals surface area contributed by atoms with E-state index in [4.69, 9.17) is 5.11 Å². The highest BCUT2D eigenvalue weighted by molar-refractivity contribution is 6.00. The van der Waals surface area contributed by atoms with Crippen LogP contribution < -0.4 is 0 Å². The second-order valence-corrected chi connectivity index (χ2v) is 6.08. The van der Waals surface area contributed by atoms with Crippen LogP contribution in [0.25, 0.3) is 16.8 Å². The first-order valence-corrected chi connectivity index (χ1v) is 8.59. The van der Waals surface area contributed by atoms with Crippen molar-refractivity contribution in [2.75, 3.05) is 13.2 Å². The fraction of sp³-hybridized carbons (Fsp3) is 0.0870. The molecule has 3 aromatic rings. The molecule has 1 N–H and O–H groups in total. The predicted octanol–water partition coefficient (Wildman–Crippen LogP) is 3.72. The molecule has 0 saturated heterocycles. The number of aliphatic hydroxyl groups is 1. The first-order valence-electron chi connectivity index (χ1n) is 8.59. The summed E-state index contributed by atoms with van der Waals surface area (Å²) in [7, 11) is 0. The zero-order valence-electron chi connectivity index (χ0n) is 14.7. The SMILES string of the molecule is O=C(/C=C/c1cccc(C(=O)CN=Cc2ccc3ccccc3c2)c1)CO. The Kier molecular flexibility index (Phi) is 6.02. The number of fused-ring (bicyclic) bond motifs is 1. The van der Waals surface area contributed by atoms with E-state index >= 15 is 0 Å². The van der Waals surface area contributed by atoms with Crippen molar-refractivity contribution in [3.05, 3.63) is 89.5 Å². The van der Waals surface area contributed by atoms with Crippen molar-refractivity contribution < 1.29 is 14.7 Å². The van der Waals surface area contributed by atoms with Gasteiger partial charge in [0.25, 0.3) is 0 Å². The molecule has 0 aromatic heterocycles. The highest BCUT2D eigenvalue weighted by atomic mass is 16.3. The van der Waals surface area contributed by atoms with Gasteiger partial charge in [-0.2, -0.15) is 0 Å². The van der Waals surface area contributed by atoms with Crippen LogP contribution in [0.5, 0.6) is 0 Å². The van der Waals surface area contributed by atoms with E-state index in [1.807, 2.05) is 36.4 Å². The Morgan fingerprint density at radius 3 is 2.52 bits per heavy atom. The molecule has 134 valence electrons. The van der Waals surface area contributed by atoms with Gasteiger partial charge in [-0.3, -0.25) is 14.6 Å². The molecule has 0 atom stereocenters. The fourth-order valence-electron chi connectivity index (χ4n) is 2.67. The number of benzene rings is 3. The first kappa shape index (κ1) is 18.4. The number of rotatable bonds is 7. The Morgan fingerprint density at radius 1 is 0.889 bits per heavy atom. The molecule has 3 aromatic carbocycles. The zero-order valence-corrected chi connectivity index (χ0v) is 14.7. The lowest BCUT2D eigenvalue weighted by Gasteiger charge is -2.01. The maximum Gasteiger partial charge on any atom is 0.184 e. The fourth-order valence-corrected chi connectivity index (χ4v) is 2.67. The molecule has 0 heterocycles. The maximum absolute atomic E-state index is 12.3. The van der Waals surface area contributed by atoms with Gasteiger partial charge in [0, 0.05) is 11.8 Å². The Morgan fingerprint density at radius 2 is 1.70 bits per heavy atom. The van der Waals surface area contributed by atoms with Gasteiger partial charge in [0.05, 0.1) is 0 Å². The summed E-state index contributed by atoms with van der Waals surface area (Å²) in [4.78, 5) is 27.8. The second-order valence-electron chi connectivity index (χ2n) is 6.08. The van der Waals surface area contributed by atoms with Crippen molar-refractivity contribution in [2.45, 2.75) is 0 Å². The third-order valence-corrected chi connectivity index (χ3v) is 4.07. The van der Waals surface area contributed by atoms with Gasteiger partial charge in [0.15, 0.2) is 11.6 Å². The van der Waals surface area contributed by atoms with Gasteiger partial charge in [0.1, 0.15) is 13.2 Å². The van der Waals surface area contributed by atoms with Crippen molar-refractivity contribution in [1.82, 2.24) is 0 Å². The van der Waals surface area contributed by atoms with Crippen LogP contribution in [0, 0.1) is 0 Å². The smallest absolute Gasteiger partial charge is 0.184 e. The summed E-state index contributed by atoms with van der Waals surface area (Å²) in [5.74, 6) is -0.484. The van der Waals surface area contributed by atoms with E-state index in [-0.39, 0.29) is 18.1 Å². The number of hydrogen-bond acceptors (Lipinski definition) is 4. The number of ketones is 2. The zero-order chi connectivity index (χ0) is 19.1. The van der Waals surface area contributed by atoms with Gasteiger partial charge in [-0.15, -0.1) is 0 Å². The Labute approximate surface area is 157 Å². The van der Waals surface area contributed by atoms with Crippen LogP contribution in [0.1, 0.15) is 21.5 Å². The minimum Gasteiger partial charge on any atom is -0.388 e. The molecule has 0 bridgehead atoms. The van der Waals surface area contributed by atoms with E-state index in [0.717, 1.165) is 21.9 Å². The van der Waals surface area contributed by atoms with Crippen molar-refractivity contribution >= 4 is 34.6 Å². The summed E-state index contributed by atoms with van der Waals surface area (Å²) in [6, 6.07) is 21.1. The monoisotopic (exact) mass is 357 g/mol. The first-order chi connectivity index (χ1) is 13.2. The van der Waals surface area contributed by atoms with E-state index < -0.39 is 6.61 Å². The van der Waals surface area contributed by atoms with Crippen LogP contribution in [0.4, 0.5) is 0 Å². The van der Waals surface area contributed by atoms with E-state index in [9.17, 15) is 9.59 Å². The van der Waals surface area contributed by atoms with E-state index in [0.29, 0.717) is 5.56 Å². The molecular formula is C23H19NO3. The third kappa shape index (κ3) is 5.06. The van der Waals surface area contributed by atoms with E-state index in [1.54, 1.807) is 36.6 Å². The lowest BCUT2D eigenvalue weighted by atomic mass is 10.1. The number of aliphatic hydroxyl groups excluding tert-OH is 1. The van der Waals surface area contributed by atoms with Crippen LogP contribution >= 0.6 is 0 Å². The van der Waals surface area contributed by atoms with Gasteiger partial charge in [0.2, 0.25) is 0 Å². The molecule has 3 rings (SSSR count). The Balaban J connectivity index is 1.67. The van der Waals surface area contributed by atoms with Crippen molar-refractivity contribution in [3.8, 4) is 0 Å².